The average Bonchev–Trinajstić information content (AvgIpc) is 2.93. The summed E-state index contributed by atoms with van der Waals surface area (Å²) in [4.78, 5) is 32.1. The molecule has 0 atom stereocenters. The van der Waals surface area contributed by atoms with Crippen molar-refractivity contribution < 1.29 is 32.7 Å². The van der Waals surface area contributed by atoms with E-state index in [0.717, 1.165) is 0 Å². The zero-order valence-corrected chi connectivity index (χ0v) is 8.43. The Morgan fingerprint density at radius 3 is 2.12 bits per heavy atom. The van der Waals surface area contributed by atoms with Crippen molar-refractivity contribution in [3.05, 3.63) is 0 Å². The van der Waals surface area contributed by atoms with Crippen LogP contribution in [0.5, 0.6) is 0 Å². The van der Waals surface area contributed by atoms with Crippen molar-refractivity contribution in [2.24, 2.45) is 0 Å². The van der Waals surface area contributed by atoms with E-state index in [2.05, 4.69) is 0 Å². The van der Waals surface area contributed by atoms with Crippen molar-refractivity contribution >= 4 is 17.8 Å². The Morgan fingerprint density at radius 2 is 1.76 bits per heavy atom. The first-order chi connectivity index (χ1) is 7.67. The van der Waals surface area contributed by atoms with Crippen molar-refractivity contribution in [1.82, 2.24) is 10.6 Å². The van der Waals surface area contributed by atoms with Crippen LogP contribution in [0.3, 0.4) is 0 Å². The van der Waals surface area contributed by atoms with Gasteiger partial charge in [0.2, 0.25) is 5.91 Å². The van der Waals surface area contributed by atoms with Gasteiger partial charge in [-0.25, -0.2) is 0 Å². The van der Waals surface area contributed by atoms with Crippen LogP contribution in [0.1, 0.15) is 12.8 Å². The molecule has 0 heterocycles. The van der Waals surface area contributed by atoms with E-state index in [9.17, 15) is 27.6 Å². The zero-order valence-electron chi connectivity index (χ0n) is 8.43. The van der Waals surface area contributed by atoms with Crippen molar-refractivity contribution in [3.63, 3.8) is 0 Å². The van der Waals surface area contributed by atoms with Crippen LogP contribution in [0.4, 0.5) is 13.2 Å². The topological polar surface area (TPSA) is 95.5 Å². The molecule has 1 aliphatic rings. The molecule has 0 aromatic carbocycles. The van der Waals surface area contributed by atoms with Crippen LogP contribution >= 0.6 is 0 Å². The standard InChI is InChI=1S/C8H9F3N2O4/c9-8(10,11)6(17)13-7(1-2-7)5(16)12-3-4(14)15/h1-3H2,(H,12,16)(H,13,17)(H,14,15). The minimum Gasteiger partial charge on any atom is -0.480 e. The molecule has 6 nitrogen and oxygen atoms in total. The lowest BCUT2D eigenvalue weighted by Crippen LogP contribution is -2.53. The maximum Gasteiger partial charge on any atom is 0.471 e. The van der Waals surface area contributed by atoms with Gasteiger partial charge >= 0.3 is 18.1 Å². The van der Waals surface area contributed by atoms with E-state index >= 15 is 0 Å². The van der Waals surface area contributed by atoms with Gasteiger partial charge in [-0.05, 0) is 12.8 Å². The highest BCUT2D eigenvalue weighted by atomic mass is 19.4. The van der Waals surface area contributed by atoms with Crippen LogP contribution in [0, 0.1) is 0 Å². The molecule has 9 heteroatoms. The number of halogens is 3. The minimum atomic E-state index is -5.07. The molecular formula is C8H9F3N2O4. The molecule has 1 saturated carbocycles. The van der Waals surface area contributed by atoms with Gasteiger partial charge in [-0.3, -0.25) is 14.4 Å². The van der Waals surface area contributed by atoms with Crippen molar-refractivity contribution in [2.75, 3.05) is 6.54 Å². The molecule has 3 N–H and O–H groups in total. The van der Waals surface area contributed by atoms with Gasteiger partial charge in [0.15, 0.2) is 0 Å². The summed E-state index contributed by atoms with van der Waals surface area (Å²) >= 11 is 0. The molecule has 17 heavy (non-hydrogen) atoms. The van der Waals surface area contributed by atoms with Gasteiger partial charge in [-0.15, -0.1) is 0 Å². The summed E-state index contributed by atoms with van der Waals surface area (Å²) in [5, 5.41) is 11.8. The first kappa shape index (κ1) is 13.3. The largest absolute Gasteiger partial charge is 0.480 e. The van der Waals surface area contributed by atoms with Crippen LogP contribution in [0.15, 0.2) is 0 Å². The number of hydrogen-bond donors (Lipinski definition) is 3. The minimum absolute atomic E-state index is 0.0558. The summed E-state index contributed by atoms with van der Waals surface area (Å²) in [7, 11) is 0. The van der Waals surface area contributed by atoms with E-state index in [1.807, 2.05) is 5.32 Å². The predicted octanol–water partition coefficient (Wildman–Crippen LogP) is -0.602. The third-order valence-corrected chi connectivity index (χ3v) is 2.20. The summed E-state index contributed by atoms with van der Waals surface area (Å²) in [5.41, 5.74) is -1.61. The van der Waals surface area contributed by atoms with Crippen molar-refractivity contribution in [3.8, 4) is 0 Å². The summed E-state index contributed by atoms with van der Waals surface area (Å²) in [5.74, 6) is -4.45. The number of carboxylic acids is 1. The molecule has 0 aliphatic heterocycles. The number of carbonyl (C=O) groups excluding carboxylic acids is 2. The van der Waals surface area contributed by atoms with Crippen molar-refractivity contribution in [1.29, 1.82) is 0 Å². The number of nitrogens with one attached hydrogen (secondary N) is 2. The molecule has 0 saturated heterocycles. The second-order valence-corrected chi connectivity index (χ2v) is 3.61. The van der Waals surface area contributed by atoms with E-state index < -0.39 is 36.0 Å². The fourth-order valence-corrected chi connectivity index (χ4v) is 1.15. The van der Waals surface area contributed by atoms with Crippen LogP contribution in [0.2, 0.25) is 0 Å². The number of amides is 2. The smallest absolute Gasteiger partial charge is 0.471 e. The number of aliphatic carboxylic acids is 1. The molecule has 0 spiro atoms. The molecule has 1 aliphatic carbocycles. The lowest BCUT2D eigenvalue weighted by molar-refractivity contribution is -0.175. The molecular weight excluding hydrogens is 245 g/mol. The molecule has 2 amide bonds. The Morgan fingerprint density at radius 1 is 1.24 bits per heavy atom. The molecule has 0 aromatic rings. The first-order valence-electron chi connectivity index (χ1n) is 4.57. The van der Waals surface area contributed by atoms with Gasteiger partial charge in [0.1, 0.15) is 12.1 Å². The fourth-order valence-electron chi connectivity index (χ4n) is 1.15. The number of hydrogen-bond acceptors (Lipinski definition) is 3. The number of rotatable bonds is 4. The molecule has 0 bridgehead atoms. The summed E-state index contributed by atoms with van der Waals surface area (Å²) in [6.07, 6.45) is -4.96. The quantitative estimate of drug-likeness (QED) is 0.624. The fraction of sp³-hybridized carbons (Fsp3) is 0.625. The number of carboxylic acid groups (broad SMARTS) is 1. The highest BCUT2D eigenvalue weighted by molar-refractivity contribution is 5.96. The molecule has 96 valence electrons. The monoisotopic (exact) mass is 254 g/mol. The molecule has 0 radical (unpaired) electrons. The van der Waals surface area contributed by atoms with Crippen LogP contribution < -0.4 is 10.6 Å². The molecule has 0 aromatic heterocycles. The van der Waals surface area contributed by atoms with Gasteiger partial charge in [-0.1, -0.05) is 0 Å². The van der Waals surface area contributed by atoms with E-state index in [1.54, 1.807) is 5.32 Å². The van der Waals surface area contributed by atoms with Gasteiger partial charge in [0.05, 0.1) is 0 Å². The molecule has 0 unspecified atom stereocenters. The van der Waals surface area contributed by atoms with E-state index in [1.165, 1.54) is 0 Å². The highest BCUT2D eigenvalue weighted by Gasteiger charge is 2.54. The summed E-state index contributed by atoms with van der Waals surface area (Å²) < 4.78 is 35.8. The normalized spacial score (nSPS) is 17.1. The SMILES string of the molecule is O=C(O)CNC(=O)C1(NC(=O)C(F)(F)F)CC1. The Balaban J connectivity index is 2.55. The van der Waals surface area contributed by atoms with Gasteiger partial charge in [0, 0.05) is 0 Å². The Bertz CT molecular complexity index is 362. The Kier molecular flexibility index (Phi) is 3.30. The maximum absolute atomic E-state index is 11.9. The third kappa shape index (κ3) is 3.33. The van der Waals surface area contributed by atoms with E-state index in [-0.39, 0.29) is 12.8 Å². The number of carbonyl (C=O) groups is 3. The predicted molar refractivity (Wildman–Crippen MR) is 46.8 cm³/mol. The second kappa shape index (κ2) is 4.22. The number of alkyl halides is 3. The third-order valence-electron chi connectivity index (χ3n) is 2.20. The zero-order chi connectivity index (χ0) is 13.3. The lowest BCUT2D eigenvalue weighted by Gasteiger charge is -2.17. The second-order valence-electron chi connectivity index (χ2n) is 3.61. The maximum atomic E-state index is 11.9. The van der Waals surface area contributed by atoms with Crippen molar-refractivity contribution in [2.45, 2.75) is 24.6 Å². The van der Waals surface area contributed by atoms with E-state index in [0.29, 0.717) is 0 Å². The van der Waals surface area contributed by atoms with Gasteiger partial charge < -0.3 is 15.7 Å². The Hall–Kier alpha value is -1.80. The van der Waals surface area contributed by atoms with Crippen LogP contribution in [-0.2, 0) is 14.4 Å². The first-order valence-corrected chi connectivity index (χ1v) is 4.57. The summed E-state index contributed by atoms with van der Waals surface area (Å²) in [6, 6.07) is 0. The van der Waals surface area contributed by atoms with Gasteiger partial charge in [0.25, 0.3) is 0 Å². The average molecular weight is 254 g/mol. The van der Waals surface area contributed by atoms with Crippen LogP contribution in [-0.4, -0.2) is 41.2 Å². The van der Waals surface area contributed by atoms with E-state index in [4.69, 9.17) is 5.11 Å². The molecule has 1 fully saturated rings. The highest BCUT2D eigenvalue weighted by Crippen LogP contribution is 2.36. The lowest BCUT2D eigenvalue weighted by atomic mass is 10.2. The van der Waals surface area contributed by atoms with Gasteiger partial charge in [-0.2, -0.15) is 13.2 Å². The Labute approximate surface area is 93.2 Å². The molecule has 1 rings (SSSR count). The summed E-state index contributed by atoms with van der Waals surface area (Å²) in [6.45, 7) is -0.706. The van der Waals surface area contributed by atoms with Crippen LogP contribution in [0.25, 0.3) is 0 Å².